The second-order valence-corrected chi connectivity index (χ2v) is 10.1. The van der Waals surface area contributed by atoms with Crippen LogP contribution in [0.4, 0.5) is 30.5 Å². The second-order valence-electron chi connectivity index (χ2n) is 10.1. The van der Waals surface area contributed by atoms with Crippen LogP contribution in [0.15, 0.2) is 41.3 Å². The highest BCUT2D eigenvalue weighted by atomic mass is 19.4. The van der Waals surface area contributed by atoms with E-state index in [1.165, 1.54) is 0 Å². The first-order valence-corrected chi connectivity index (χ1v) is 13.6. The number of aryl methyl sites for hydroxylation is 1. The molecular formula is C28H33F3N6O4. The second kappa shape index (κ2) is 12.6. The summed E-state index contributed by atoms with van der Waals surface area (Å²) >= 11 is 0. The summed E-state index contributed by atoms with van der Waals surface area (Å²) in [4.78, 5) is 47.2. The minimum absolute atomic E-state index is 0.0200. The molecule has 1 saturated heterocycles. The molecule has 3 aromatic rings. The van der Waals surface area contributed by atoms with Gasteiger partial charge in [-0.05, 0) is 49.6 Å². The zero-order chi connectivity index (χ0) is 29.7. The van der Waals surface area contributed by atoms with Gasteiger partial charge in [-0.1, -0.05) is 19.8 Å². The molecule has 10 nitrogen and oxygen atoms in total. The van der Waals surface area contributed by atoms with Crippen molar-refractivity contribution in [2.24, 2.45) is 0 Å². The minimum Gasteiger partial charge on any atom is -0.475 e. The van der Waals surface area contributed by atoms with Gasteiger partial charge in [0, 0.05) is 67.7 Å². The lowest BCUT2D eigenvalue weighted by Crippen LogP contribution is -2.48. The molecule has 3 heterocycles. The highest BCUT2D eigenvalue weighted by Crippen LogP contribution is 2.31. The lowest BCUT2D eigenvalue weighted by Gasteiger charge is -2.36. The summed E-state index contributed by atoms with van der Waals surface area (Å²) in [5.74, 6) is -2.04. The van der Waals surface area contributed by atoms with Crippen LogP contribution in [0.5, 0.6) is 0 Å². The number of halogens is 3. The smallest absolute Gasteiger partial charge is 0.475 e. The summed E-state index contributed by atoms with van der Waals surface area (Å²) in [6.07, 6.45) is 1.64. The molecule has 0 unspecified atom stereocenters. The molecule has 1 aliphatic heterocycles. The summed E-state index contributed by atoms with van der Waals surface area (Å²) in [5.41, 5.74) is 3.67. The van der Waals surface area contributed by atoms with E-state index in [-0.39, 0.29) is 17.5 Å². The molecule has 1 saturated carbocycles. The normalized spacial score (nSPS) is 15.9. The molecule has 0 bridgehead atoms. The van der Waals surface area contributed by atoms with Crippen molar-refractivity contribution in [2.75, 3.05) is 36.4 Å². The van der Waals surface area contributed by atoms with Gasteiger partial charge in [0.25, 0.3) is 5.56 Å². The van der Waals surface area contributed by atoms with E-state index in [0.717, 1.165) is 74.2 Å². The number of nitrogens with zero attached hydrogens (tertiary/aromatic N) is 5. The first-order valence-electron chi connectivity index (χ1n) is 13.6. The van der Waals surface area contributed by atoms with Crippen molar-refractivity contribution in [3.05, 3.63) is 52.4 Å². The summed E-state index contributed by atoms with van der Waals surface area (Å²) in [6.45, 7) is 7.05. The molecule has 2 aliphatic rings. The van der Waals surface area contributed by atoms with E-state index >= 15 is 0 Å². The van der Waals surface area contributed by atoms with Crippen LogP contribution in [0.1, 0.15) is 50.6 Å². The first kappa shape index (κ1) is 29.8. The van der Waals surface area contributed by atoms with Gasteiger partial charge in [-0.15, -0.1) is 0 Å². The maximum Gasteiger partial charge on any atom is 0.490 e. The number of rotatable bonds is 5. The van der Waals surface area contributed by atoms with Crippen LogP contribution >= 0.6 is 0 Å². The number of alkyl halides is 3. The molecular weight excluding hydrogens is 541 g/mol. The van der Waals surface area contributed by atoms with Gasteiger partial charge >= 0.3 is 12.1 Å². The van der Waals surface area contributed by atoms with Crippen LogP contribution in [-0.4, -0.2) is 68.8 Å². The number of aromatic nitrogens is 3. The van der Waals surface area contributed by atoms with Gasteiger partial charge in [-0.2, -0.15) is 18.2 Å². The van der Waals surface area contributed by atoms with E-state index in [4.69, 9.17) is 14.9 Å². The number of amides is 1. The number of nitrogens with one attached hydrogen (secondary N) is 1. The van der Waals surface area contributed by atoms with Crippen LogP contribution in [0, 0.1) is 6.92 Å². The summed E-state index contributed by atoms with van der Waals surface area (Å²) in [5, 5.41) is 11.4. The fraction of sp³-hybridized carbons (Fsp3) is 0.464. The van der Waals surface area contributed by atoms with Crippen molar-refractivity contribution < 1.29 is 27.9 Å². The number of carboxylic acid groups (broad SMARTS) is 1. The zero-order valence-electron chi connectivity index (χ0n) is 22.9. The molecule has 1 aromatic carbocycles. The SMILES string of the molecule is CCC(=O)N1CCN(c2ccc(Nc3ncc4c(C)cc(=O)n(C5CCCC5)c4n3)cc2)CC1.O=C(O)C(F)(F)F. The van der Waals surface area contributed by atoms with Crippen LogP contribution in [0.25, 0.3) is 11.0 Å². The first-order chi connectivity index (χ1) is 19.5. The van der Waals surface area contributed by atoms with Crippen molar-refractivity contribution in [1.29, 1.82) is 0 Å². The molecule has 2 aromatic heterocycles. The van der Waals surface area contributed by atoms with E-state index < -0.39 is 12.1 Å². The lowest BCUT2D eigenvalue weighted by molar-refractivity contribution is -0.192. The van der Waals surface area contributed by atoms with Gasteiger partial charge in [0.2, 0.25) is 11.9 Å². The van der Waals surface area contributed by atoms with Gasteiger partial charge in [-0.3, -0.25) is 14.2 Å². The van der Waals surface area contributed by atoms with Gasteiger partial charge in [0.15, 0.2) is 0 Å². The van der Waals surface area contributed by atoms with E-state index in [2.05, 4.69) is 27.3 Å². The Hall–Kier alpha value is -4.16. The number of benzene rings is 1. The number of hydrogen-bond donors (Lipinski definition) is 2. The number of hydrogen-bond acceptors (Lipinski definition) is 7. The Bertz CT molecular complexity index is 1440. The van der Waals surface area contributed by atoms with Crippen molar-refractivity contribution in [3.63, 3.8) is 0 Å². The monoisotopic (exact) mass is 574 g/mol. The number of carboxylic acids is 1. The third-order valence-corrected chi connectivity index (χ3v) is 7.35. The average molecular weight is 575 g/mol. The van der Waals surface area contributed by atoms with Crippen LogP contribution in [-0.2, 0) is 9.59 Å². The maximum atomic E-state index is 12.8. The highest BCUT2D eigenvalue weighted by molar-refractivity contribution is 5.79. The number of anilines is 3. The molecule has 2 N–H and O–H groups in total. The zero-order valence-corrected chi connectivity index (χ0v) is 22.9. The number of carbonyl (C=O) groups excluding carboxylic acids is 1. The molecule has 0 atom stereocenters. The highest BCUT2D eigenvalue weighted by Gasteiger charge is 2.38. The van der Waals surface area contributed by atoms with Gasteiger partial charge in [0.05, 0.1) is 0 Å². The molecule has 5 rings (SSSR count). The molecule has 0 radical (unpaired) electrons. The molecule has 1 amide bonds. The Morgan fingerprint density at radius 1 is 1.07 bits per heavy atom. The van der Waals surface area contributed by atoms with Crippen LogP contribution in [0.2, 0.25) is 0 Å². The number of carbonyl (C=O) groups is 2. The summed E-state index contributed by atoms with van der Waals surface area (Å²) in [6, 6.07) is 10.1. The predicted octanol–water partition coefficient (Wildman–Crippen LogP) is 4.65. The Labute approximate surface area is 234 Å². The van der Waals surface area contributed by atoms with Crippen LogP contribution < -0.4 is 15.8 Å². The summed E-state index contributed by atoms with van der Waals surface area (Å²) < 4.78 is 33.6. The van der Waals surface area contributed by atoms with E-state index in [9.17, 15) is 22.8 Å². The van der Waals surface area contributed by atoms with Gasteiger partial charge < -0.3 is 20.2 Å². The Morgan fingerprint density at radius 3 is 2.24 bits per heavy atom. The van der Waals surface area contributed by atoms with Crippen LogP contribution in [0.3, 0.4) is 0 Å². The van der Waals surface area contributed by atoms with E-state index in [1.54, 1.807) is 6.07 Å². The van der Waals surface area contributed by atoms with Crippen molar-refractivity contribution >= 4 is 40.2 Å². The topological polar surface area (TPSA) is 121 Å². The molecule has 13 heteroatoms. The van der Waals surface area contributed by atoms with Gasteiger partial charge in [0.1, 0.15) is 5.65 Å². The Morgan fingerprint density at radius 2 is 1.68 bits per heavy atom. The molecule has 2 fully saturated rings. The molecule has 1 aliphatic carbocycles. The maximum absolute atomic E-state index is 12.8. The number of piperazine rings is 1. The van der Waals surface area contributed by atoms with Crippen molar-refractivity contribution in [2.45, 2.75) is 58.2 Å². The number of pyridine rings is 1. The van der Waals surface area contributed by atoms with Gasteiger partial charge in [-0.25, -0.2) is 9.78 Å². The third-order valence-electron chi connectivity index (χ3n) is 7.35. The average Bonchev–Trinajstić information content (AvgIpc) is 3.47. The Kier molecular flexibility index (Phi) is 9.14. The fourth-order valence-electron chi connectivity index (χ4n) is 5.17. The number of aliphatic carboxylic acids is 1. The Balaban J connectivity index is 0.000000493. The molecule has 0 spiro atoms. The van der Waals surface area contributed by atoms with Crippen molar-refractivity contribution in [3.8, 4) is 0 Å². The standard InChI is InChI=1S/C26H32N6O2.C2HF3O2/c1-3-23(33)31-14-12-30(13-15-31)20-10-8-19(9-11-20)28-26-27-17-22-18(2)16-24(34)32(25(22)29-26)21-6-4-5-7-21;3-2(4,5)1(6)7/h8-11,16-17,21H,3-7,12-15H2,1-2H3,(H,27,28,29);(H,6,7). The third kappa shape index (κ3) is 7.14. The van der Waals surface area contributed by atoms with Crippen molar-refractivity contribution in [1.82, 2.24) is 19.4 Å². The van der Waals surface area contributed by atoms with E-state index in [0.29, 0.717) is 18.0 Å². The largest absolute Gasteiger partial charge is 0.490 e. The molecule has 41 heavy (non-hydrogen) atoms. The lowest BCUT2D eigenvalue weighted by atomic mass is 10.1. The fourth-order valence-corrected chi connectivity index (χ4v) is 5.17. The van der Waals surface area contributed by atoms with E-state index in [1.807, 2.05) is 41.6 Å². The molecule has 220 valence electrons. The number of fused-ring (bicyclic) bond motifs is 1. The summed E-state index contributed by atoms with van der Waals surface area (Å²) in [7, 11) is 0. The quantitative estimate of drug-likeness (QED) is 0.452. The minimum atomic E-state index is -5.08. The predicted molar refractivity (Wildman–Crippen MR) is 149 cm³/mol.